The van der Waals surface area contributed by atoms with Gasteiger partial charge in [0, 0.05) is 17.9 Å². The Morgan fingerprint density at radius 2 is 1.67 bits per heavy atom. The Kier molecular flexibility index (Phi) is 2.55. The first-order valence-corrected chi connectivity index (χ1v) is 6.64. The average Bonchev–Trinajstić information content (AvgIpc) is 2.54. The predicted molar refractivity (Wildman–Crippen MR) is 59.7 cm³/mol. The van der Waals surface area contributed by atoms with Crippen molar-refractivity contribution in [3.63, 3.8) is 0 Å². The summed E-state index contributed by atoms with van der Waals surface area (Å²) in [5.41, 5.74) is 0. The summed E-state index contributed by atoms with van der Waals surface area (Å²) in [6.45, 7) is 2.50. The van der Waals surface area contributed by atoms with Gasteiger partial charge >= 0.3 is 0 Å². The Bertz CT molecular complexity index is 257. The molecule has 0 amide bonds. The Morgan fingerprint density at radius 3 is 2.47 bits per heavy atom. The number of hydrogen-bond acceptors (Lipinski definition) is 2. The molecule has 0 N–H and O–H groups in total. The Morgan fingerprint density at radius 1 is 0.933 bits per heavy atom. The smallest absolute Gasteiger partial charge is 0.140 e. The summed E-state index contributed by atoms with van der Waals surface area (Å²) in [6.07, 6.45) is 8.93. The molecule has 84 valence electrons. The fourth-order valence-corrected chi connectivity index (χ4v) is 3.90. The molecule has 2 bridgehead atoms. The first-order valence-electron chi connectivity index (χ1n) is 6.64. The minimum absolute atomic E-state index is 0.418. The van der Waals surface area contributed by atoms with E-state index in [-0.39, 0.29) is 0 Å². The summed E-state index contributed by atoms with van der Waals surface area (Å²) in [5.74, 6) is 1.48. The third kappa shape index (κ3) is 1.63. The molecule has 3 rings (SSSR count). The number of ketones is 1. The lowest BCUT2D eigenvalue weighted by Crippen LogP contribution is -2.47. The number of carbonyl (C=O) groups is 1. The standard InChI is InChI=1S/C13H21NO/c15-13-10-4-6-11(13)12(7-5-10)14-8-2-1-3-9-14/h10-12H,1-9H2. The summed E-state index contributed by atoms with van der Waals surface area (Å²) in [4.78, 5) is 14.6. The van der Waals surface area contributed by atoms with Gasteiger partial charge in [-0.05, 0) is 51.6 Å². The highest BCUT2D eigenvalue weighted by Crippen LogP contribution is 2.41. The van der Waals surface area contributed by atoms with E-state index in [1.807, 2.05) is 0 Å². The van der Waals surface area contributed by atoms with Gasteiger partial charge in [0.1, 0.15) is 5.78 Å². The number of rotatable bonds is 1. The quantitative estimate of drug-likeness (QED) is 0.657. The Balaban J connectivity index is 1.72. The average molecular weight is 207 g/mol. The van der Waals surface area contributed by atoms with Gasteiger partial charge < -0.3 is 0 Å². The van der Waals surface area contributed by atoms with Gasteiger partial charge in [0.05, 0.1) is 0 Å². The second-order valence-electron chi connectivity index (χ2n) is 5.52. The fourth-order valence-electron chi connectivity index (χ4n) is 3.90. The molecule has 2 aliphatic carbocycles. The lowest BCUT2D eigenvalue weighted by molar-refractivity contribution is -0.128. The van der Waals surface area contributed by atoms with Crippen molar-refractivity contribution in [3.05, 3.63) is 0 Å². The molecule has 2 saturated carbocycles. The largest absolute Gasteiger partial charge is 0.300 e. The minimum atomic E-state index is 0.418. The van der Waals surface area contributed by atoms with Gasteiger partial charge in [-0.15, -0.1) is 0 Å². The summed E-state index contributed by atoms with van der Waals surface area (Å²) in [7, 11) is 0. The van der Waals surface area contributed by atoms with Gasteiger partial charge in [0.2, 0.25) is 0 Å². The maximum absolute atomic E-state index is 12.0. The van der Waals surface area contributed by atoms with Gasteiger partial charge in [-0.3, -0.25) is 9.69 Å². The molecule has 0 aromatic rings. The van der Waals surface area contributed by atoms with E-state index in [1.165, 1.54) is 58.0 Å². The molecule has 15 heavy (non-hydrogen) atoms. The van der Waals surface area contributed by atoms with Crippen molar-refractivity contribution in [2.45, 2.75) is 51.0 Å². The number of nitrogens with zero attached hydrogens (tertiary/aromatic N) is 1. The number of Topliss-reactive ketones (excluding diaryl/α,β-unsaturated/α-hetero) is 1. The molecule has 3 fully saturated rings. The molecule has 0 spiro atoms. The van der Waals surface area contributed by atoms with Gasteiger partial charge in [0.25, 0.3) is 0 Å². The second-order valence-corrected chi connectivity index (χ2v) is 5.52. The monoisotopic (exact) mass is 207 g/mol. The van der Waals surface area contributed by atoms with Crippen LogP contribution in [0.25, 0.3) is 0 Å². The van der Waals surface area contributed by atoms with E-state index >= 15 is 0 Å². The van der Waals surface area contributed by atoms with Crippen molar-refractivity contribution in [1.29, 1.82) is 0 Å². The zero-order chi connectivity index (χ0) is 10.3. The number of hydrogen-bond donors (Lipinski definition) is 0. The summed E-state index contributed by atoms with van der Waals surface area (Å²) in [5, 5.41) is 0. The van der Waals surface area contributed by atoms with E-state index in [9.17, 15) is 4.79 Å². The van der Waals surface area contributed by atoms with E-state index in [4.69, 9.17) is 0 Å². The lowest BCUT2D eigenvalue weighted by atomic mass is 9.82. The van der Waals surface area contributed by atoms with Crippen LogP contribution in [-0.2, 0) is 4.79 Å². The molecule has 2 heteroatoms. The second kappa shape index (κ2) is 3.89. The van der Waals surface area contributed by atoms with Gasteiger partial charge in [0.15, 0.2) is 0 Å². The Labute approximate surface area is 92.0 Å². The van der Waals surface area contributed by atoms with Crippen LogP contribution in [0.15, 0.2) is 0 Å². The van der Waals surface area contributed by atoms with E-state index in [0.29, 0.717) is 23.7 Å². The zero-order valence-corrected chi connectivity index (χ0v) is 9.45. The summed E-state index contributed by atoms with van der Waals surface area (Å²) >= 11 is 0. The molecule has 1 heterocycles. The highest BCUT2D eigenvalue weighted by Gasteiger charge is 2.44. The molecular formula is C13H21NO. The van der Waals surface area contributed by atoms with Crippen LogP contribution >= 0.6 is 0 Å². The highest BCUT2D eigenvalue weighted by molar-refractivity contribution is 5.86. The van der Waals surface area contributed by atoms with Crippen molar-refractivity contribution in [2.75, 3.05) is 13.1 Å². The topological polar surface area (TPSA) is 20.3 Å². The van der Waals surface area contributed by atoms with E-state index in [2.05, 4.69) is 4.90 Å². The maximum atomic E-state index is 12.0. The molecule has 1 saturated heterocycles. The highest BCUT2D eigenvalue weighted by atomic mass is 16.1. The number of likely N-dealkylation sites (tertiary alicyclic amines) is 1. The van der Waals surface area contributed by atoms with Crippen LogP contribution in [0.5, 0.6) is 0 Å². The Hall–Kier alpha value is -0.370. The van der Waals surface area contributed by atoms with E-state index < -0.39 is 0 Å². The molecule has 1 aliphatic heterocycles. The third-order valence-corrected chi connectivity index (χ3v) is 4.73. The van der Waals surface area contributed by atoms with Gasteiger partial charge in [-0.1, -0.05) is 6.42 Å². The van der Waals surface area contributed by atoms with Crippen molar-refractivity contribution in [3.8, 4) is 0 Å². The first-order chi connectivity index (χ1) is 7.36. The van der Waals surface area contributed by atoms with Crippen molar-refractivity contribution in [1.82, 2.24) is 4.90 Å². The predicted octanol–water partition coefficient (Wildman–Crippen LogP) is 2.23. The van der Waals surface area contributed by atoms with Crippen LogP contribution in [0, 0.1) is 11.8 Å². The first kappa shape index (κ1) is 9.83. The zero-order valence-electron chi connectivity index (χ0n) is 9.45. The SMILES string of the molecule is O=C1C2CCC1C(N1CCCCC1)CC2. The van der Waals surface area contributed by atoms with Gasteiger partial charge in [-0.25, -0.2) is 0 Å². The molecule has 0 aromatic carbocycles. The molecular weight excluding hydrogens is 186 g/mol. The number of piperidine rings is 1. The number of fused-ring (bicyclic) bond motifs is 2. The minimum Gasteiger partial charge on any atom is -0.300 e. The van der Waals surface area contributed by atoms with Crippen LogP contribution < -0.4 is 0 Å². The maximum Gasteiger partial charge on any atom is 0.140 e. The number of carbonyl (C=O) groups excluding carboxylic acids is 1. The lowest BCUT2D eigenvalue weighted by Gasteiger charge is -2.39. The summed E-state index contributed by atoms with van der Waals surface area (Å²) < 4.78 is 0. The molecule has 3 atom stereocenters. The summed E-state index contributed by atoms with van der Waals surface area (Å²) in [6, 6.07) is 0.622. The van der Waals surface area contributed by atoms with Crippen molar-refractivity contribution in [2.24, 2.45) is 11.8 Å². The van der Waals surface area contributed by atoms with Crippen LogP contribution in [0.3, 0.4) is 0 Å². The van der Waals surface area contributed by atoms with Crippen LogP contribution in [0.1, 0.15) is 44.9 Å². The molecule has 2 nitrogen and oxygen atoms in total. The van der Waals surface area contributed by atoms with Crippen molar-refractivity contribution < 1.29 is 4.79 Å². The normalized spacial score (nSPS) is 42.1. The molecule has 3 unspecified atom stereocenters. The van der Waals surface area contributed by atoms with Gasteiger partial charge in [-0.2, -0.15) is 0 Å². The van der Waals surface area contributed by atoms with E-state index in [1.54, 1.807) is 0 Å². The third-order valence-electron chi connectivity index (χ3n) is 4.73. The van der Waals surface area contributed by atoms with E-state index in [0.717, 1.165) is 0 Å². The molecule has 3 aliphatic rings. The fraction of sp³-hybridized carbons (Fsp3) is 0.923. The van der Waals surface area contributed by atoms with Crippen LogP contribution in [0.2, 0.25) is 0 Å². The molecule has 0 aromatic heterocycles. The van der Waals surface area contributed by atoms with Crippen LogP contribution in [0.4, 0.5) is 0 Å². The molecule has 0 radical (unpaired) electrons. The van der Waals surface area contributed by atoms with Crippen molar-refractivity contribution >= 4 is 5.78 Å². The van der Waals surface area contributed by atoms with Crippen LogP contribution in [-0.4, -0.2) is 29.8 Å².